The van der Waals surface area contributed by atoms with E-state index in [-0.39, 0.29) is 11.3 Å². The van der Waals surface area contributed by atoms with Crippen molar-refractivity contribution in [2.45, 2.75) is 0 Å². The molecule has 128 valence electrons. The highest BCUT2D eigenvalue weighted by molar-refractivity contribution is 5.95. The number of nitro benzene ring substituents is 1. The summed E-state index contributed by atoms with van der Waals surface area (Å²) in [6.45, 7) is 0. The molecule has 0 aromatic heterocycles. The van der Waals surface area contributed by atoms with E-state index < -0.39 is 10.8 Å². The molecule has 1 N–H and O–H groups in total. The van der Waals surface area contributed by atoms with Crippen LogP contribution in [0, 0.1) is 10.1 Å². The molecule has 0 saturated carbocycles. The molecule has 3 rings (SSSR count). The Hall–Kier alpha value is -3.80. The molecule has 6 heteroatoms. The zero-order valence-electron chi connectivity index (χ0n) is 13.7. The van der Waals surface area contributed by atoms with Crippen molar-refractivity contribution in [1.82, 2.24) is 5.43 Å². The van der Waals surface area contributed by atoms with Gasteiger partial charge in [0.05, 0.1) is 11.1 Å². The summed E-state index contributed by atoms with van der Waals surface area (Å²) in [4.78, 5) is 22.2. The molecule has 3 aromatic carbocycles. The molecule has 0 radical (unpaired) electrons. The van der Waals surface area contributed by atoms with Crippen LogP contribution >= 0.6 is 0 Å². The number of non-ortho nitro benzene ring substituents is 1. The second kappa shape index (κ2) is 7.85. The van der Waals surface area contributed by atoms with Crippen molar-refractivity contribution >= 4 is 17.8 Å². The molecule has 26 heavy (non-hydrogen) atoms. The Kier molecular flexibility index (Phi) is 5.14. The number of nitrogens with zero attached hydrogens (tertiary/aromatic N) is 2. The van der Waals surface area contributed by atoms with Crippen LogP contribution in [0.4, 0.5) is 5.69 Å². The number of rotatable bonds is 5. The minimum Gasteiger partial charge on any atom is -0.267 e. The fraction of sp³-hybridized carbons (Fsp3) is 0. The van der Waals surface area contributed by atoms with Gasteiger partial charge in [-0.05, 0) is 22.8 Å². The summed E-state index contributed by atoms with van der Waals surface area (Å²) in [6.07, 6.45) is 1.52. The van der Waals surface area contributed by atoms with Gasteiger partial charge in [-0.25, -0.2) is 5.43 Å². The smallest absolute Gasteiger partial charge is 0.267 e. The van der Waals surface area contributed by atoms with Gasteiger partial charge in [0.2, 0.25) is 0 Å². The van der Waals surface area contributed by atoms with Gasteiger partial charge in [-0.3, -0.25) is 14.9 Å². The van der Waals surface area contributed by atoms with E-state index in [9.17, 15) is 14.9 Å². The Balaban J connectivity index is 1.64. The van der Waals surface area contributed by atoms with Crippen LogP contribution in [0.25, 0.3) is 11.1 Å². The van der Waals surface area contributed by atoms with Crippen molar-refractivity contribution in [1.29, 1.82) is 0 Å². The van der Waals surface area contributed by atoms with Crippen molar-refractivity contribution in [3.05, 3.63) is 100 Å². The first kappa shape index (κ1) is 17.0. The molecule has 0 atom stereocenters. The molecule has 6 nitrogen and oxygen atoms in total. The average molecular weight is 345 g/mol. The number of hydrogen-bond acceptors (Lipinski definition) is 4. The summed E-state index contributed by atoms with van der Waals surface area (Å²) < 4.78 is 0. The number of carbonyl (C=O) groups excluding carboxylic acids is 1. The lowest BCUT2D eigenvalue weighted by Gasteiger charge is -2.02. The van der Waals surface area contributed by atoms with Gasteiger partial charge in [-0.1, -0.05) is 60.7 Å². The lowest BCUT2D eigenvalue weighted by Crippen LogP contribution is -2.17. The molecule has 0 bridgehead atoms. The quantitative estimate of drug-likeness (QED) is 0.430. The Labute approximate surface area is 150 Å². The summed E-state index contributed by atoms with van der Waals surface area (Å²) in [6, 6.07) is 23.2. The number of amides is 1. The lowest BCUT2D eigenvalue weighted by molar-refractivity contribution is -0.384. The first-order valence-electron chi connectivity index (χ1n) is 7.87. The van der Waals surface area contributed by atoms with Crippen LogP contribution in [0.5, 0.6) is 0 Å². The van der Waals surface area contributed by atoms with Gasteiger partial charge in [-0.2, -0.15) is 5.10 Å². The van der Waals surface area contributed by atoms with Gasteiger partial charge in [0.1, 0.15) is 0 Å². The van der Waals surface area contributed by atoms with Gasteiger partial charge in [0, 0.05) is 17.7 Å². The second-order valence-corrected chi connectivity index (χ2v) is 5.49. The first-order valence-corrected chi connectivity index (χ1v) is 7.87. The zero-order valence-corrected chi connectivity index (χ0v) is 13.7. The van der Waals surface area contributed by atoms with E-state index in [2.05, 4.69) is 10.5 Å². The van der Waals surface area contributed by atoms with Crippen LogP contribution in [-0.4, -0.2) is 17.0 Å². The van der Waals surface area contributed by atoms with Crippen molar-refractivity contribution in [3.8, 4) is 11.1 Å². The van der Waals surface area contributed by atoms with Crippen LogP contribution in [0.3, 0.4) is 0 Å². The molecule has 0 aliphatic carbocycles. The van der Waals surface area contributed by atoms with Gasteiger partial charge in [-0.15, -0.1) is 0 Å². The molecule has 0 spiro atoms. The number of benzene rings is 3. The summed E-state index contributed by atoms with van der Waals surface area (Å²) in [5.74, 6) is -0.508. The third-order valence-corrected chi connectivity index (χ3v) is 3.72. The highest BCUT2D eigenvalue weighted by Gasteiger charge is 2.10. The maximum Gasteiger partial charge on any atom is 0.271 e. The van der Waals surface area contributed by atoms with Crippen molar-refractivity contribution in [2.24, 2.45) is 5.10 Å². The van der Waals surface area contributed by atoms with Gasteiger partial charge in [0.15, 0.2) is 0 Å². The maximum absolute atomic E-state index is 12.0. The lowest BCUT2D eigenvalue weighted by atomic mass is 10.0. The van der Waals surface area contributed by atoms with Crippen LogP contribution in [0.2, 0.25) is 0 Å². The SMILES string of the molecule is O=C(N/N=C/c1ccc(-c2ccccc2)cc1)c1cccc([N+](=O)[O-])c1. The molecule has 0 aliphatic heterocycles. The molecule has 0 aliphatic rings. The van der Waals surface area contributed by atoms with Crippen LogP contribution in [-0.2, 0) is 0 Å². The Bertz CT molecular complexity index is 952. The molecule has 0 fully saturated rings. The van der Waals surface area contributed by atoms with Crippen LogP contribution in [0.1, 0.15) is 15.9 Å². The highest BCUT2D eigenvalue weighted by atomic mass is 16.6. The van der Waals surface area contributed by atoms with Crippen molar-refractivity contribution in [3.63, 3.8) is 0 Å². The molecule has 3 aromatic rings. The van der Waals surface area contributed by atoms with E-state index in [4.69, 9.17) is 0 Å². The largest absolute Gasteiger partial charge is 0.271 e. The molecule has 0 heterocycles. The second-order valence-electron chi connectivity index (χ2n) is 5.49. The van der Waals surface area contributed by atoms with Crippen LogP contribution in [0.15, 0.2) is 84.0 Å². The molecule has 0 unspecified atom stereocenters. The molecule has 1 amide bonds. The summed E-state index contributed by atoms with van der Waals surface area (Å²) in [5.41, 5.74) is 5.43. The Morgan fingerprint density at radius 1 is 0.923 bits per heavy atom. The molecular weight excluding hydrogens is 330 g/mol. The molecule has 0 saturated heterocycles. The number of nitro groups is 1. The Morgan fingerprint density at radius 3 is 2.31 bits per heavy atom. The topological polar surface area (TPSA) is 84.6 Å². The van der Waals surface area contributed by atoms with E-state index in [0.717, 1.165) is 16.7 Å². The predicted octanol–water partition coefficient (Wildman–Crippen LogP) is 4.03. The first-order chi connectivity index (χ1) is 12.6. The minimum absolute atomic E-state index is 0.141. The van der Waals surface area contributed by atoms with Crippen molar-refractivity contribution < 1.29 is 9.72 Å². The zero-order chi connectivity index (χ0) is 18.4. The summed E-state index contributed by atoms with van der Waals surface area (Å²) in [5, 5.41) is 14.6. The fourth-order valence-corrected chi connectivity index (χ4v) is 2.38. The standard InChI is InChI=1S/C20H15N3O3/c24-20(18-7-4-8-19(13-18)23(25)26)22-21-14-15-9-11-17(12-10-15)16-5-2-1-3-6-16/h1-14H,(H,22,24)/b21-14+. The predicted molar refractivity (Wildman–Crippen MR) is 100 cm³/mol. The number of hydrazone groups is 1. The van der Waals surface area contributed by atoms with E-state index in [1.807, 2.05) is 54.6 Å². The van der Waals surface area contributed by atoms with E-state index in [0.29, 0.717) is 0 Å². The van der Waals surface area contributed by atoms with Crippen molar-refractivity contribution in [2.75, 3.05) is 0 Å². The third-order valence-electron chi connectivity index (χ3n) is 3.72. The normalized spacial score (nSPS) is 10.6. The van der Waals surface area contributed by atoms with E-state index >= 15 is 0 Å². The number of carbonyl (C=O) groups is 1. The van der Waals surface area contributed by atoms with Gasteiger partial charge >= 0.3 is 0 Å². The Morgan fingerprint density at radius 2 is 1.62 bits per heavy atom. The molecular formula is C20H15N3O3. The summed E-state index contributed by atoms with van der Waals surface area (Å²) >= 11 is 0. The third kappa shape index (κ3) is 4.18. The minimum atomic E-state index is -0.547. The van der Waals surface area contributed by atoms with Gasteiger partial charge < -0.3 is 0 Å². The number of hydrogen-bond donors (Lipinski definition) is 1. The van der Waals surface area contributed by atoms with Crippen LogP contribution < -0.4 is 5.43 Å². The summed E-state index contributed by atoms with van der Waals surface area (Å²) in [7, 11) is 0. The van der Waals surface area contributed by atoms with E-state index in [1.54, 1.807) is 0 Å². The maximum atomic E-state index is 12.0. The van der Waals surface area contributed by atoms with E-state index in [1.165, 1.54) is 30.5 Å². The van der Waals surface area contributed by atoms with Gasteiger partial charge in [0.25, 0.3) is 11.6 Å². The highest BCUT2D eigenvalue weighted by Crippen LogP contribution is 2.18. The number of nitrogens with one attached hydrogen (secondary N) is 1. The average Bonchev–Trinajstić information content (AvgIpc) is 2.69. The monoisotopic (exact) mass is 345 g/mol. The fourth-order valence-electron chi connectivity index (χ4n) is 2.38.